The molecule has 3 rings (SSSR count). The van der Waals surface area contributed by atoms with Crippen molar-refractivity contribution in [3.63, 3.8) is 0 Å². The molecule has 1 saturated heterocycles. The van der Waals surface area contributed by atoms with E-state index >= 15 is 4.39 Å². The lowest BCUT2D eigenvalue weighted by atomic mass is 10.1. The van der Waals surface area contributed by atoms with E-state index in [9.17, 15) is 8.42 Å². The number of nitrogens with zero attached hydrogens (tertiary/aromatic N) is 4. The van der Waals surface area contributed by atoms with Crippen LogP contribution < -0.4 is 5.14 Å². The van der Waals surface area contributed by atoms with Crippen molar-refractivity contribution in [1.29, 1.82) is 0 Å². The van der Waals surface area contributed by atoms with Crippen molar-refractivity contribution in [1.82, 2.24) is 19.5 Å². The summed E-state index contributed by atoms with van der Waals surface area (Å²) in [5, 5.41) is 4.74. The summed E-state index contributed by atoms with van der Waals surface area (Å²) in [7, 11) is -6.62. The van der Waals surface area contributed by atoms with E-state index in [0.29, 0.717) is 11.2 Å². The standard InChI is InChI=1S/C16H26FN5O5SSi/c1-16(2,3)29(4,5)27-13-11(7-25-28(18,23)24)26-15(12(13)17)22-9-21-10-6-19-8-20-14(10)22/h6,8-9,11-13,15H,7H2,1-5H3,(H2,18,23,24)/t11-,12-,13-,15-/m1/s1. The summed E-state index contributed by atoms with van der Waals surface area (Å²) in [5.41, 5.74) is 0.876. The van der Waals surface area contributed by atoms with Crippen molar-refractivity contribution in [3.05, 3.63) is 18.9 Å². The molecular formula is C16H26FN5O5SSi. The van der Waals surface area contributed by atoms with E-state index < -0.39 is 49.8 Å². The number of imidazole rings is 1. The van der Waals surface area contributed by atoms with E-state index in [4.69, 9.17) is 14.3 Å². The molecule has 2 aromatic rings. The van der Waals surface area contributed by atoms with Crippen LogP contribution in [0.1, 0.15) is 27.0 Å². The summed E-state index contributed by atoms with van der Waals surface area (Å²) in [5.74, 6) is 0. The number of aromatic nitrogens is 4. The van der Waals surface area contributed by atoms with Gasteiger partial charge in [-0.3, -0.25) is 8.75 Å². The Labute approximate surface area is 170 Å². The fraction of sp³-hybridized carbons (Fsp3) is 0.688. The van der Waals surface area contributed by atoms with Gasteiger partial charge >= 0.3 is 10.3 Å². The van der Waals surface area contributed by atoms with E-state index in [2.05, 4.69) is 19.1 Å². The summed E-state index contributed by atoms with van der Waals surface area (Å²) in [6, 6.07) is 0. The Kier molecular flexibility index (Phi) is 5.84. The van der Waals surface area contributed by atoms with Gasteiger partial charge in [-0.25, -0.2) is 24.5 Å². The van der Waals surface area contributed by atoms with Gasteiger partial charge in [0.15, 0.2) is 26.4 Å². The first kappa shape index (κ1) is 22.2. The van der Waals surface area contributed by atoms with Crippen LogP contribution >= 0.6 is 0 Å². The second-order valence-corrected chi connectivity index (χ2v) is 14.5. The molecule has 0 saturated carbocycles. The molecular weight excluding hydrogens is 421 g/mol. The van der Waals surface area contributed by atoms with Gasteiger partial charge < -0.3 is 9.16 Å². The SMILES string of the molecule is CC(C)(C)[Si](C)(C)O[C@H]1[C@@H](F)[C@H](n2cnc3cncnc32)O[C@@H]1COS(N)(=O)=O. The lowest BCUT2D eigenvalue weighted by molar-refractivity contribution is -0.0390. The molecule has 13 heteroatoms. The van der Waals surface area contributed by atoms with Gasteiger partial charge in [-0.15, -0.1) is 0 Å². The van der Waals surface area contributed by atoms with Gasteiger partial charge in [-0.1, -0.05) is 20.8 Å². The minimum Gasteiger partial charge on any atom is -0.408 e. The maximum Gasteiger partial charge on any atom is 0.333 e. The molecule has 2 N–H and O–H groups in total. The number of fused-ring (bicyclic) bond motifs is 1. The molecule has 1 fully saturated rings. The number of alkyl halides is 1. The van der Waals surface area contributed by atoms with Crippen LogP contribution in [0.3, 0.4) is 0 Å². The van der Waals surface area contributed by atoms with Gasteiger partial charge in [0.2, 0.25) is 0 Å². The number of rotatable bonds is 6. The Balaban J connectivity index is 1.93. The first-order chi connectivity index (χ1) is 13.3. The number of nitrogens with two attached hydrogens (primary N) is 1. The lowest BCUT2D eigenvalue weighted by Crippen LogP contribution is -2.49. The molecule has 4 atom stereocenters. The van der Waals surface area contributed by atoms with E-state index in [1.54, 1.807) is 0 Å². The molecule has 0 unspecified atom stereocenters. The monoisotopic (exact) mass is 447 g/mol. The van der Waals surface area contributed by atoms with E-state index in [1.807, 2.05) is 33.9 Å². The molecule has 0 aliphatic carbocycles. The molecule has 1 aliphatic rings. The fourth-order valence-corrected chi connectivity index (χ4v) is 4.48. The zero-order valence-corrected chi connectivity index (χ0v) is 18.8. The normalized spacial score (nSPS) is 26.3. The second-order valence-electron chi connectivity index (χ2n) is 8.51. The smallest absolute Gasteiger partial charge is 0.333 e. The average molecular weight is 448 g/mol. The van der Waals surface area contributed by atoms with Crippen LogP contribution in [0.4, 0.5) is 4.39 Å². The maximum absolute atomic E-state index is 15.6. The number of hydrogen-bond donors (Lipinski definition) is 1. The minimum absolute atomic E-state index is 0.189. The lowest BCUT2D eigenvalue weighted by Gasteiger charge is -2.39. The summed E-state index contributed by atoms with van der Waals surface area (Å²) in [6.45, 7) is 9.56. The predicted octanol–water partition coefficient (Wildman–Crippen LogP) is 1.67. The maximum atomic E-state index is 15.6. The van der Waals surface area contributed by atoms with E-state index in [-0.39, 0.29) is 5.04 Å². The van der Waals surface area contributed by atoms with Gasteiger partial charge in [-0.05, 0) is 18.1 Å². The molecule has 162 valence electrons. The van der Waals surface area contributed by atoms with Gasteiger partial charge in [0.05, 0.1) is 19.1 Å². The Hall–Kier alpha value is -1.51. The van der Waals surface area contributed by atoms with Crippen molar-refractivity contribution < 1.29 is 26.2 Å². The highest BCUT2D eigenvalue weighted by Crippen LogP contribution is 2.42. The Bertz CT molecular complexity index is 979. The number of ether oxygens (including phenoxy) is 1. The molecule has 0 spiro atoms. The summed E-state index contributed by atoms with van der Waals surface area (Å²) < 4.78 is 56.3. The highest BCUT2D eigenvalue weighted by molar-refractivity contribution is 7.84. The minimum atomic E-state index is -4.22. The zero-order chi connectivity index (χ0) is 21.6. The highest BCUT2D eigenvalue weighted by atomic mass is 32.2. The van der Waals surface area contributed by atoms with Crippen molar-refractivity contribution in [2.24, 2.45) is 5.14 Å². The Morgan fingerprint density at radius 1 is 1.34 bits per heavy atom. The Morgan fingerprint density at radius 3 is 2.66 bits per heavy atom. The molecule has 29 heavy (non-hydrogen) atoms. The molecule has 1 aliphatic heterocycles. The van der Waals surface area contributed by atoms with Gasteiger partial charge in [0, 0.05) is 0 Å². The quantitative estimate of drug-likeness (QED) is 0.662. The highest BCUT2D eigenvalue weighted by Gasteiger charge is 2.51. The van der Waals surface area contributed by atoms with E-state index in [1.165, 1.54) is 23.4 Å². The molecule has 0 bridgehead atoms. The second kappa shape index (κ2) is 7.63. The van der Waals surface area contributed by atoms with Crippen LogP contribution in [0.2, 0.25) is 18.1 Å². The summed E-state index contributed by atoms with van der Waals surface area (Å²) in [6.07, 6.45) is -0.504. The van der Waals surface area contributed by atoms with Crippen molar-refractivity contribution in [2.75, 3.05) is 6.61 Å². The third kappa shape index (κ3) is 4.64. The number of hydrogen-bond acceptors (Lipinski definition) is 8. The molecule has 10 nitrogen and oxygen atoms in total. The van der Waals surface area contributed by atoms with Crippen LogP contribution in [0.15, 0.2) is 18.9 Å². The topological polar surface area (TPSA) is 131 Å². The van der Waals surface area contributed by atoms with Gasteiger partial charge in [0.25, 0.3) is 0 Å². The van der Waals surface area contributed by atoms with E-state index in [0.717, 1.165) is 0 Å². The van der Waals surface area contributed by atoms with Crippen molar-refractivity contribution in [3.8, 4) is 0 Å². The van der Waals surface area contributed by atoms with Gasteiger partial charge in [-0.2, -0.15) is 8.42 Å². The fourth-order valence-electron chi connectivity index (χ4n) is 2.84. The first-order valence-corrected chi connectivity index (χ1v) is 13.5. The summed E-state index contributed by atoms with van der Waals surface area (Å²) in [4.78, 5) is 12.2. The molecule has 0 radical (unpaired) electrons. The summed E-state index contributed by atoms with van der Waals surface area (Å²) >= 11 is 0. The van der Waals surface area contributed by atoms with Crippen LogP contribution in [-0.4, -0.2) is 61.2 Å². The largest absolute Gasteiger partial charge is 0.408 e. The van der Waals surface area contributed by atoms with Crippen LogP contribution in [0, 0.1) is 0 Å². The molecule has 0 amide bonds. The third-order valence-electron chi connectivity index (χ3n) is 5.41. The van der Waals surface area contributed by atoms with Crippen molar-refractivity contribution in [2.45, 2.75) is 63.5 Å². The molecule has 3 heterocycles. The zero-order valence-electron chi connectivity index (χ0n) is 16.9. The molecule has 0 aromatic carbocycles. The van der Waals surface area contributed by atoms with Crippen LogP contribution in [0.5, 0.6) is 0 Å². The average Bonchev–Trinajstić information content (AvgIpc) is 3.13. The van der Waals surface area contributed by atoms with Crippen LogP contribution in [0.25, 0.3) is 11.2 Å². The Morgan fingerprint density at radius 2 is 2.03 bits per heavy atom. The van der Waals surface area contributed by atoms with Crippen LogP contribution in [-0.2, 0) is 23.7 Å². The van der Waals surface area contributed by atoms with Gasteiger partial charge in [0.1, 0.15) is 24.1 Å². The van der Waals surface area contributed by atoms with Crippen molar-refractivity contribution >= 4 is 29.8 Å². The third-order valence-corrected chi connectivity index (χ3v) is 10.4. The number of halogens is 1. The first-order valence-electron chi connectivity index (χ1n) is 9.07. The predicted molar refractivity (Wildman–Crippen MR) is 105 cm³/mol. The molecule has 2 aromatic heterocycles.